The van der Waals surface area contributed by atoms with Gasteiger partial charge < -0.3 is 9.47 Å². The van der Waals surface area contributed by atoms with Gasteiger partial charge in [0, 0.05) is 30.2 Å². The number of halogens is 1. The molecule has 0 spiro atoms. The summed E-state index contributed by atoms with van der Waals surface area (Å²) in [6.45, 7) is 0.620. The lowest BCUT2D eigenvalue weighted by Crippen LogP contribution is -2.35. The topological polar surface area (TPSA) is 25.2 Å². The average Bonchev–Trinajstić information content (AvgIpc) is 3.15. The molecule has 1 aliphatic rings. The smallest absolute Gasteiger partial charge is 0.258 e. The number of rotatable bonds is 2. The molecule has 0 saturated heterocycles. The summed E-state index contributed by atoms with van der Waals surface area (Å²) in [4.78, 5) is 14.6. The molecule has 1 amide bonds. The predicted molar refractivity (Wildman–Crippen MR) is 92.2 cm³/mol. The third-order valence-corrected chi connectivity index (χ3v) is 4.43. The van der Waals surface area contributed by atoms with Crippen LogP contribution in [0.25, 0.3) is 5.69 Å². The van der Waals surface area contributed by atoms with Gasteiger partial charge in [0.05, 0.1) is 5.69 Å². The molecule has 0 N–H and O–H groups in total. The Labute approximate surface area is 140 Å². The second-order valence-electron chi connectivity index (χ2n) is 5.97. The van der Waals surface area contributed by atoms with Gasteiger partial charge in [0.25, 0.3) is 5.91 Å². The maximum absolute atomic E-state index is 13.6. The molecule has 1 aromatic heterocycles. The number of fused-ring (bicyclic) bond motifs is 1. The van der Waals surface area contributed by atoms with Crippen molar-refractivity contribution in [2.24, 2.45) is 0 Å². The van der Waals surface area contributed by atoms with E-state index in [9.17, 15) is 9.18 Å². The van der Waals surface area contributed by atoms with Gasteiger partial charge >= 0.3 is 0 Å². The van der Waals surface area contributed by atoms with E-state index in [0.29, 0.717) is 17.8 Å². The summed E-state index contributed by atoms with van der Waals surface area (Å²) in [6, 6.07) is 16.1. The first-order chi connectivity index (χ1) is 11.7. The van der Waals surface area contributed by atoms with Gasteiger partial charge in [-0.05, 0) is 66.9 Å². The Bertz CT molecular complexity index is 869. The Morgan fingerprint density at radius 1 is 1.00 bits per heavy atom. The Hall–Kier alpha value is -2.88. The average molecular weight is 320 g/mol. The fourth-order valence-electron chi connectivity index (χ4n) is 3.20. The van der Waals surface area contributed by atoms with Crippen molar-refractivity contribution in [1.82, 2.24) is 4.57 Å². The molecule has 0 saturated carbocycles. The molecule has 2 heterocycles. The third-order valence-electron chi connectivity index (χ3n) is 4.43. The number of nitrogens with zero attached hydrogens (tertiary/aromatic N) is 2. The third kappa shape index (κ3) is 2.60. The molecule has 24 heavy (non-hydrogen) atoms. The van der Waals surface area contributed by atoms with Gasteiger partial charge in [-0.3, -0.25) is 4.79 Å². The molecule has 0 unspecified atom stereocenters. The van der Waals surface area contributed by atoms with Crippen molar-refractivity contribution in [2.45, 2.75) is 12.8 Å². The van der Waals surface area contributed by atoms with Crippen molar-refractivity contribution in [3.8, 4) is 5.69 Å². The van der Waals surface area contributed by atoms with E-state index in [1.807, 2.05) is 53.4 Å². The van der Waals surface area contributed by atoms with Crippen LogP contribution in [0, 0.1) is 5.82 Å². The molecule has 2 aromatic carbocycles. The molecule has 120 valence electrons. The van der Waals surface area contributed by atoms with Gasteiger partial charge in [0.15, 0.2) is 0 Å². The Balaban J connectivity index is 1.64. The minimum absolute atomic E-state index is 0.0828. The molecule has 0 atom stereocenters. The first-order valence-corrected chi connectivity index (χ1v) is 8.06. The largest absolute Gasteiger partial charge is 0.324 e. The molecule has 0 bridgehead atoms. The minimum Gasteiger partial charge on any atom is -0.324 e. The normalized spacial score (nSPS) is 13.6. The van der Waals surface area contributed by atoms with Crippen molar-refractivity contribution < 1.29 is 9.18 Å². The summed E-state index contributed by atoms with van der Waals surface area (Å²) in [5, 5.41) is 0. The number of amides is 1. The van der Waals surface area contributed by atoms with Gasteiger partial charge in [-0.2, -0.15) is 0 Å². The van der Waals surface area contributed by atoms with E-state index in [-0.39, 0.29) is 11.7 Å². The summed E-state index contributed by atoms with van der Waals surface area (Å²) in [5.41, 5.74) is 3.34. The van der Waals surface area contributed by atoms with Crippen LogP contribution >= 0.6 is 0 Å². The summed E-state index contributed by atoms with van der Waals surface area (Å²) >= 11 is 0. The summed E-state index contributed by atoms with van der Waals surface area (Å²) in [6.07, 6.45) is 5.69. The second kappa shape index (κ2) is 5.96. The molecule has 4 heteroatoms. The van der Waals surface area contributed by atoms with E-state index < -0.39 is 0 Å². The van der Waals surface area contributed by atoms with E-state index in [0.717, 1.165) is 24.1 Å². The van der Waals surface area contributed by atoms with Crippen molar-refractivity contribution in [3.05, 3.63) is 83.9 Å². The Morgan fingerprint density at radius 2 is 1.75 bits per heavy atom. The van der Waals surface area contributed by atoms with Crippen molar-refractivity contribution in [3.63, 3.8) is 0 Å². The molecule has 4 rings (SSSR count). The Morgan fingerprint density at radius 3 is 2.50 bits per heavy atom. The van der Waals surface area contributed by atoms with Crippen LogP contribution in [0.3, 0.4) is 0 Å². The van der Waals surface area contributed by atoms with Crippen molar-refractivity contribution in [2.75, 3.05) is 11.4 Å². The van der Waals surface area contributed by atoms with E-state index in [1.54, 1.807) is 11.0 Å². The zero-order valence-electron chi connectivity index (χ0n) is 13.2. The lowest BCUT2D eigenvalue weighted by molar-refractivity contribution is 0.0985. The van der Waals surface area contributed by atoms with Crippen molar-refractivity contribution >= 4 is 11.6 Å². The van der Waals surface area contributed by atoms with Crippen LogP contribution in [0.5, 0.6) is 0 Å². The number of carbonyl (C=O) groups excluding carboxylic acids is 1. The lowest BCUT2D eigenvalue weighted by Gasteiger charge is -2.29. The second-order valence-corrected chi connectivity index (χ2v) is 5.97. The van der Waals surface area contributed by atoms with Crippen molar-refractivity contribution in [1.29, 1.82) is 0 Å². The standard InChI is InChI=1S/C20H17FN2O/c21-17-8-5-15-4-3-13-23(19(15)14-17)20(24)16-6-9-18(10-7-16)22-11-1-2-12-22/h1-2,5-12,14H,3-4,13H2. The summed E-state index contributed by atoms with van der Waals surface area (Å²) in [7, 11) is 0. The van der Waals surface area contributed by atoms with E-state index in [4.69, 9.17) is 0 Å². The molecule has 0 radical (unpaired) electrons. The van der Waals surface area contributed by atoms with Crippen LogP contribution in [0.1, 0.15) is 22.3 Å². The maximum Gasteiger partial charge on any atom is 0.258 e. The number of hydrogen-bond acceptors (Lipinski definition) is 1. The van der Waals surface area contributed by atoms with Crippen LogP contribution in [0.4, 0.5) is 10.1 Å². The summed E-state index contributed by atoms with van der Waals surface area (Å²) in [5.74, 6) is -0.392. The molecular formula is C20H17FN2O. The van der Waals surface area contributed by atoms with Crippen LogP contribution in [-0.2, 0) is 6.42 Å². The monoisotopic (exact) mass is 320 g/mol. The minimum atomic E-state index is -0.309. The molecule has 1 aliphatic heterocycles. The highest BCUT2D eigenvalue weighted by Crippen LogP contribution is 2.29. The number of carbonyl (C=O) groups is 1. The fraction of sp³-hybridized carbons (Fsp3) is 0.150. The van der Waals surface area contributed by atoms with Gasteiger partial charge in [-0.1, -0.05) is 6.07 Å². The van der Waals surface area contributed by atoms with Crippen LogP contribution in [-0.4, -0.2) is 17.0 Å². The number of aryl methyl sites for hydroxylation is 1. The van der Waals surface area contributed by atoms with Gasteiger partial charge in [-0.25, -0.2) is 4.39 Å². The molecule has 0 fully saturated rings. The first kappa shape index (κ1) is 14.7. The first-order valence-electron chi connectivity index (χ1n) is 8.06. The zero-order valence-corrected chi connectivity index (χ0v) is 13.2. The maximum atomic E-state index is 13.6. The van der Waals surface area contributed by atoms with Gasteiger partial charge in [0.2, 0.25) is 0 Å². The quantitative estimate of drug-likeness (QED) is 0.694. The highest BCUT2D eigenvalue weighted by Gasteiger charge is 2.24. The molecule has 3 aromatic rings. The van der Waals surface area contributed by atoms with E-state index in [2.05, 4.69) is 0 Å². The number of aromatic nitrogens is 1. The molecule has 3 nitrogen and oxygen atoms in total. The van der Waals surface area contributed by atoms with E-state index in [1.165, 1.54) is 12.1 Å². The SMILES string of the molecule is O=C(c1ccc(-n2cccc2)cc1)N1CCCc2ccc(F)cc21. The summed E-state index contributed by atoms with van der Waals surface area (Å²) < 4.78 is 15.6. The van der Waals surface area contributed by atoms with Crippen LogP contribution < -0.4 is 4.90 Å². The highest BCUT2D eigenvalue weighted by atomic mass is 19.1. The van der Waals surface area contributed by atoms with Gasteiger partial charge in [0.1, 0.15) is 5.82 Å². The van der Waals surface area contributed by atoms with Gasteiger partial charge in [-0.15, -0.1) is 0 Å². The molecular weight excluding hydrogens is 303 g/mol. The molecule has 0 aliphatic carbocycles. The Kier molecular flexibility index (Phi) is 3.65. The van der Waals surface area contributed by atoms with E-state index >= 15 is 0 Å². The van der Waals surface area contributed by atoms with Crippen LogP contribution in [0.2, 0.25) is 0 Å². The number of benzene rings is 2. The predicted octanol–water partition coefficient (Wildman–Crippen LogP) is 4.21. The number of anilines is 1. The zero-order chi connectivity index (χ0) is 16.5. The van der Waals surface area contributed by atoms with Crippen LogP contribution in [0.15, 0.2) is 67.0 Å². The fourth-order valence-corrected chi connectivity index (χ4v) is 3.20. The highest BCUT2D eigenvalue weighted by molar-refractivity contribution is 6.06. The number of hydrogen-bond donors (Lipinski definition) is 0. The lowest BCUT2D eigenvalue weighted by atomic mass is 10.0.